The molecule has 1 fully saturated rings. The standard InChI is InChI=1S/C12H14BrClN2O4S/c13-11-9(14)4-7(5-10(11)21(15,18)19)12(17)16-6-8-2-1-3-20-8/h4-5,8H,1-3,6H2,(H,16,17)(H2,15,18,19). The Labute approximate surface area is 136 Å². The summed E-state index contributed by atoms with van der Waals surface area (Å²) >= 11 is 8.97. The number of carbonyl (C=O) groups is 1. The van der Waals surface area contributed by atoms with E-state index in [1.165, 1.54) is 12.1 Å². The first-order valence-corrected chi connectivity index (χ1v) is 8.92. The average Bonchev–Trinajstić information content (AvgIpc) is 2.90. The number of primary sulfonamides is 1. The van der Waals surface area contributed by atoms with Crippen LogP contribution in [-0.2, 0) is 14.8 Å². The van der Waals surface area contributed by atoms with Gasteiger partial charge in [-0.2, -0.15) is 0 Å². The fourth-order valence-electron chi connectivity index (χ4n) is 2.02. The Bertz CT molecular complexity index is 659. The van der Waals surface area contributed by atoms with E-state index >= 15 is 0 Å². The Balaban J connectivity index is 2.19. The molecule has 2 rings (SSSR count). The molecule has 1 amide bonds. The van der Waals surface area contributed by atoms with Crippen molar-refractivity contribution in [1.29, 1.82) is 0 Å². The highest BCUT2D eigenvalue weighted by atomic mass is 79.9. The van der Waals surface area contributed by atoms with E-state index in [0.717, 1.165) is 12.8 Å². The summed E-state index contributed by atoms with van der Waals surface area (Å²) < 4.78 is 28.5. The zero-order valence-electron chi connectivity index (χ0n) is 10.9. The monoisotopic (exact) mass is 396 g/mol. The fourth-order valence-corrected chi connectivity index (χ4v) is 3.85. The van der Waals surface area contributed by atoms with Crippen LogP contribution in [0.1, 0.15) is 23.2 Å². The second-order valence-corrected chi connectivity index (χ2v) is 7.39. The highest BCUT2D eigenvalue weighted by molar-refractivity contribution is 9.10. The molecule has 1 aromatic carbocycles. The lowest BCUT2D eigenvalue weighted by atomic mass is 10.2. The van der Waals surface area contributed by atoms with Crippen LogP contribution in [0.5, 0.6) is 0 Å². The molecule has 116 valence electrons. The SMILES string of the molecule is NS(=O)(=O)c1cc(C(=O)NCC2CCCO2)cc(Cl)c1Br. The molecule has 1 heterocycles. The van der Waals surface area contributed by atoms with Crippen LogP contribution in [0.2, 0.25) is 5.02 Å². The molecule has 0 radical (unpaired) electrons. The van der Waals surface area contributed by atoms with Crippen LogP contribution >= 0.6 is 27.5 Å². The van der Waals surface area contributed by atoms with Gasteiger partial charge in [0.1, 0.15) is 0 Å². The summed E-state index contributed by atoms with van der Waals surface area (Å²) in [6.07, 6.45) is 1.86. The molecule has 9 heteroatoms. The molecule has 1 unspecified atom stereocenters. The minimum Gasteiger partial charge on any atom is -0.376 e. The average molecular weight is 398 g/mol. The second kappa shape index (κ2) is 6.62. The van der Waals surface area contributed by atoms with Gasteiger partial charge in [0.15, 0.2) is 0 Å². The van der Waals surface area contributed by atoms with E-state index in [2.05, 4.69) is 21.2 Å². The Hall–Kier alpha value is -0.670. The molecule has 0 aromatic heterocycles. The van der Waals surface area contributed by atoms with Gasteiger partial charge < -0.3 is 10.1 Å². The Kier molecular flexibility index (Phi) is 5.26. The van der Waals surface area contributed by atoms with Crippen molar-refractivity contribution in [1.82, 2.24) is 5.32 Å². The Morgan fingerprint density at radius 1 is 1.52 bits per heavy atom. The van der Waals surface area contributed by atoms with E-state index in [4.69, 9.17) is 21.5 Å². The van der Waals surface area contributed by atoms with Crippen LogP contribution in [0, 0.1) is 0 Å². The van der Waals surface area contributed by atoms with Gasteiger partial charge in [-0.05, 0) is 40.9 Å². The minimum absolute atomic E-state index is 0.00224. The van der Waals surface area contributed by atoms with Crippen LogP contribution in [0.3, 0.4) is 0 Å². The van der Waals surface area contributed by atoms with Gasteiger partial charge in [-0.3, -0.25) is 4.79 Å². The predicted molar refractivity (Wildman–Crippen MR) is 81.8 cm³/mol. The van der Waals surface area contributed by atoms with E-state index in [0.29, 0.717) is 13.2 Å². The maximum Gasteiger partial charge on any atom is 0.251 e. The van der Waals surface area contributed by atoms with Gasteiger partial charge in [-0.15, -0.1) is 0 Å². The summed E-state index contributed by atoms with van der Waals surface area (Å²) in [4.78, 5) is 11.8. The lowest BCUT2D eigenvalue weighted by molar-refractivity contribution is 0.0857. The van der Waals surface area contributed by atoms with Crippen molar-refractivity contribution in [3.05, 3.63) is 27.2 Å². The summed E-state index contributed by atoms with van der Waals surface area (Å²) in [5.74, 6) is -0.426. The van der Waals surface area contributed by atoms with E-state index < -0.39 is 15.9 Å². The highest BCUT2D eigenvalue weighted by Gasteiger charge is 2.21. The van der Waals surface area contributed by atoms with Crippen molar-refractivity contribution in [2.24, 2.45) is 5.14 Å². The zero-order valence-corrected chi connectivity index (χ0v) is 14.1. The van der Waals surface area contributed by atoms with Gasteiger partial charge in [0.2, 0.25) is 10.0 Å². The summed E-state index contributed by atoms with van der Waals surface area (Å²) in [6, 6.07) is 2.57. The first-order chi connectivity index (χ1) is 9.79. The van der Waals surface area contributed by atoms with Gasteiger partial charge >= 0.3 is 0 Å². The summed E-state index contributed by atoms with van der Waals surface area (Å²) in [5, 5.41) is 7.89. The summed E-state index contributed by atoms with van der Waals surface area (Å²) in [7, 11) is -3.98. The van der Waals surface area contributed by atoms with E-state index in [9.17, 15) is 13.2 Å². The van der Waals surface area contributed by atoms with Crippen LogP contribution < -0.4 is 10.5 Å². The van der Waals surface area contributed by atoms with Crippen LogP contribution in [0.25, 0.3) is 0 Å². The number of hydrogen-bond donors (Lipinski definition) is 2. The van der Waals surface area contributed by atoms with Crippen molar-refractivity contribution in [2.75, 3.05) is 13.2 Å². The van der Waals surface area contributed by atoms with Crippen molar-refractivity contribution in [2.45, 2.75) is 23.8 Å². The van der Waals surface area contributed by atoms with Crippen LogP contribution in [-0.4, -0.2) is 33.6 Å². The molecular weight excluding hydrogens is 384 g/mol. The topological polar surface area (TPSA) is 98.5 Å². The molecule has 0 saturated carbocycles. The molecule has 0 spiro atoms. The first kappa shape index (κ1) is 16.7. The maximum atomic E-state index is 12.1. The zero-order chi connectivity index (χ0) is 15.6. The number of ether oxygens (including phenoxy) is 1. The van der Waals surface area contributed by atoms with Crippen molar-refractivity contribution < 1.29 is 17.9 Å². The van der Waals surface area contributed by atoms with E-state index in [1.807, 2.05) is 0 Å². The van der Waals surface area contributed by atoms with Crippen molar-refractivity contribution in [3.8, 4) is 0 Å². The van der Waals surface area contributed by atoms with Crippen LogP contribution in [0.15, 0.2) is 21.5 Å². The minimum atomic E-state index is -3.98. The molecule has 21 heavy (non-hydrogen) atoms. The third-order valence-electron chi connectivity index (χ3n) is 3.08. The van der Waals surface area contributed by atoms with Crippen LogP contribution in [0.4, 0.5) is 0 Å². The predicted octanol–water partition coefficient (Wildman–Crippen LogP) is 1.66. The number of halogens is 2. The molecular formula is C12H14BrClN2O4S. The van der Waals surface area contributed by atoms with E-state index in [1.54, 1.807) is 0 Å². The molecule has 1 aliphatic rings. The number of hydrogen-bond acceptors (Lipinski definition) is 4. The lowest BCUT2D eigenvalue weighted by Gasteiger charge is -2.12. The highest BCUT2D eigenvalue weighted by Crippen LogP contribution is 2.30. The van der Waals surface area contributed by atoms with Crippen molar-refractivity contribution >= 4 is 43.5 Å². The summed E-state index contributed by atoms with van der Waals surface area (Å²) in [6.45, 7) is 1.07. The third kappa shape index (κ3) is 4.17. The quantitative estimate of drug-likeness (QED) is 0.807. The number of rotatable bonds is 4. The Morgan fingerprint density at radius 2 is 2.24 bits per heavy atom. The molecule has 1 saturated heterocycles. The number of carbonyl (C=O) groups excluding carboxylic acids is 1. The first-order valence-electron chi connectivity index (χ1n) is 6.20. The second-order valence-electron chi connectivity index (χ2n) is 4.66. The van der Waals surface area contributed by atoms with Crippen molar-refractivity contribution in [3.63, 3.8) is 0 Å². The molecule has 1 aliphatic heterocycles. The van der Waals surface area contributed by atoms with Gasteiger partial charge in [0.25, 0.3) is 5.91 Å². The number of amides is 1. The van der Waals surface area contributed by atoms with Gasteiger partial charge in [-0.1, -0.05) is 11.6 Å². The molecule has 0 aliphatic carbocycles. The fraction of sp³-hybridized carbons (Fsp3) is 0.417. The van der Waals surface area contributed by atoms with Gasteiger partial charge in [-0.25, -0.2) is 13.6 Å². The number of nitrogens with two attached hydrogens (primary N) is 1. The molecule has 1 atom stereocenters. The number of nitrogens with one attached hydrogen (secondary N) is 1. The Morgan fingerprint density at radius 3 is 2.81 bits per heavy atom. The van der Waals surface area contributed by atoms with E-state index in [-0.39, 0.29) is 26.1 Å². The largest absolute Gasteiger partial charge is 0.376 e. The smallest absolute Gasteiger partial charge is 0.251 e. The normalized spacial score (nSPS) is 18.7. The molecule has 6 nitrogen and oxygen atoms in total. The number of benzene rings is 1. The van der Waals surface area contributed by atoms with Gasteiger partial charge in [0.05, 0.1) is 20.5 Å². The lowest BCUT2D eigenvalue weighted by Crippen LogP contribution is -2.32. The number of sulfonamides is 1. The molecule has 0 bridgehead atoms. The maximum absolute atomic E-state index is 12.1. The summed E-state index contributed by atoms with van der Waals surface area (Å²) in [5.41, 5.74) is 0.130. The van der Waals surface area contributed by atoms with Gasteiger partial charge in [0, 0.05) is 18.7 Å². The third-order valence-corrected chi connectivity index (χ3v) is 5.66. The molecule has 1 aromatic rings. The molecule has 3 N–H and O–H groups in total.